The number of hydrogen-bond acceptors (Lipinski definition) is 6. The highest BCUT2D eigenvalue weighted by Gasteiger charge is 2.14. The molecule has 4 aromatic rings. The van der Waals surface area contributed by atoms with Gasteiger partial charge in [0.05, 0.1) is 15.5 Å². The monoisotopic (exact) mass is 417 g/mol. The Hall–Kier alpha value is -4.04. The Labute approximate surface area is 175 Å². The van der Waals surface area contributed by atoms with Gasteiger partial charge >= 0.3 is 0 Å². The largest absolute Gasteiger partial charge is 0.507 e. The zero-order valence-corrected chi connectivity index (χ0v) is 16.3. The molecule has 1 amide bonds. The van der Waals surface area contributed by atoms with Gasteiger partial charge in [-0.05, 0) is 46.8 Å². The minimum absolute atomic E-state index is 0.0386. The first-order valence-corrected chi connectivity index (χ1v) is 9.79. The molecule has 0 radical (unpaired) electrons. The molecule has 0 unspecified atom stereocenters. The molecule has 0 aliphatic heterocycles. The van der Waals surface area contributed by atoms with Crippen LogP contribution in [-0.2, 0) is 0 Å². The Balaban J connectivity index is 1.82. The van der Waals surface area contributed by atoms with Crippen LogP contribution >= 0.6 is 11.3 Å². The van der Waals surface area contributed by atoms with Crippen molar-refractivity contribution in [2.24, 2.45) is 0 Å². The van der Waals surface area contributed by atoms with Crippen molar-refractivity contribution in [3.05, 3.63) is 93.2 Å². The molecule has 0 atom stereocenters. The summed E-state index contributed by atoms with van der Waals surface area (Å²) >= 11 is 1.30. The number of anilines is 1. The number of carbonyl (C=O) groups excluding carboxylic acids is 1. The molecular formula is C22H15N3O4S. The predicted molar refractivity (Wildman–Crippen MR) is 116 cm³/mol. The number of aromatic hydroxyl groups is 1. The van der Waals surface area contributed by atoms with Gasteiger partial charge in [-0.25, -0.2) is 4.98 Å². The molecule has 8 heteroatoms. The fourth-order valence-electron chi connectivity index (χ4n) is 2.97. The lowest BCUT2D eigenvalue weighted by Crippen LogP contribution is -2.11. The lowest BCUT2D eigenvalue weighted by Gasteiger charge is -2.11. The number of nitro groups is 1. The van der Waals surface area contributed by atoms with Crippen molar-refractivity contribution >= 4 is 28.7 Å². The molecule has 0 fully saturated rings. The molecule has 2 heterocycles. The Morgan fingerprint density at radius 2 is 1.83 bits per heavy atom. The lowest BCUT2D eigenvalue weighted by molar-refractivity contribution is -0.384. The van der Waals surface area contributed by atoms with E-state index in [0.29, 0.717) is 27.3 Å². The van der Waals surface area contributed by atoms with Crippen LogP contribution in [0.25, 0.3) is 22.4 Å². The van der Waals surface area contributed by atoms with E-state index in [-0.39, 0.29) is 23.2 Å². The molecule has 0 bridgehead atoms. The van der Waals surface area contributed by atoms with Crippen molar-refractivity contribution in [3.63, 3.8) is 0 Å². The second-order valence-electron chi connectivity index (χ2n) is 6.38. The number of hydrogen-bond donors (Lipinski definition) is 2. The maximum atomic E-state index is 12.5. The molecule has 2 aromatic heterocycles. The van der Waals surface area contributed by atoms with Gasteiger partial charge in [-0.15, -0.1) is 11.3 Å². The summed E-state index contributed by atoms with van der Waals surface area (Å²) in [5.41, 5.74) is 2.08. The maximum Gasteiger partial charge on any atom is 0.270 e. The highest BCUT2D eigenvalue weighted by Crippen LogP contribution is 2.33. The quantitative estimate of drug-likeness (QED) is 0.337. The van der Waals surface area contributed by atoms with E-state index in [0.717, 1.165) is 0 Å². The van der Waals surface area contributed by atoms with Gasteiger partial charge in [0.15, 0.2) is 0 Å². The number of phenolic OH excluding ortho intramolecular Hbond substituents is 1. The van der Waals surface area contributed by atoms with Crippen molar-refractivity contribution in [2.45, 2.75) is 0 Å². The maximum absolute atomic E-state index is 12.5. The number of phenols is 1. The van der Waals surface area contributed by atoms with Gasteiger partial charge in [-0.1, -0.05) is 30.3 Å². The number of benzene rings is 2. The van der Waals surface area contributed by atoms with Crippen LogP contribution in [0.1, 0.15) is 9.67 Å². The molecule has 7 nitrogen and oxygen atoms in total. The van der Waals surface area contributed by atoms with Crippen molar-refractivity contribution in [3.8, 4) is 28.1 Å². The molecule has 2 N–H and O–H groups in total. The SMILES string of the molecule is O=C(Nc1cc(-c2cccc([N+](=O)[O-])c2)cc(-c2ccccc2O)n1)c1cccs1. The average molecular weight is 417 g/mol. The molecule has 4 rings (SSSR count). The normalized spacial score (nSPS) is 10.5. The van der Waals surface area contributed by atoms with Gasteiger partial charge in [0, 0.05) is 17.7 Å². The highest BCUT2D eigenvalue weighted by atomic mass is 32.1. The van der Waals surface area contributed by atoms with E-state index in [1.165, 1.54) is 23.5 Å². The average Bonchev–Trinajstić information content (AvgIpc) is 3.29. The Bertz CT molecular complexity index is 1240. The minimum atomic E-state index is -0.464. The molecule has 148 valence electrons. The number of thiophene rings is 1. The molecule has 0 aliphatic carbocycles. The molecule has 0 spiro atoms. The number of non-ortho nitro benzene ring substituents is 1. The minimum Gasteiger partial charge on any atom is -0.507 e. The van der Waals surface area contributed by atoms with Crippen molar-refractivity contribution in [1.82, 2.24) is 4.98 Å². The van der Waals surface area contributed by atoms with Crippen LogP contribution in [-0.4, -0.2) is 20.9 Å². The number of amides is 1. The van der Waals surface area contributed by atoms with Gasteiger partial charge < -0.3 is 10.4 Å². The zero-order valence-electron chi connectivity index (χ0n) is 15.5. The lowest BCUT2D eigenvalue weighted by atomic mass is 10.0. The smallest absolute Gasteiger partial charge is 0.270 e. The topological polar surface area (TPSA) is 105 Å². The van der Waals surface area contributed by atoms with E-state index in [9.17, 15) is 20.0 Å². The van der Waals surface area contributed by atoms with E-state index in [1.807, 2.05) is 0 Å². The van der Waals surface area contributed by atoms with Gasteiger partial charge in [0.25, 0.3) is 11.6 Å². The number of carbonyl (C=O) groups is 1. The first-order valence-electron chi connectivity index (χ1n) is 8.91. The molecular weight excluding hydrogens is 402 g/mol. The third-order valence-corrected chi connectivity index (χ3v) is 5.25. The number of para-hydroxylation sites is 1. The van der Waals surface area contributed by atoms with Crippen LogP contribution in [0.5, 0.6) is 5.75 Å². The molecule has 0 aliphatic rings. The number of nitrogens with one attached hydrogen (secondary N) is 1. The van der Waals surface area contributed by atoms with Gasteiger partial charge in [-0.2, -0.15) is 0 Å². The third kappa shape index (κ3) is 4.03. The van der Waals surface area contributed by atoms with Crippen molar-refractivity contribution in [2.75, 3.05) is 5.32 Å². The number of aromatic nitrogens is 1. The summed E-state index contributed by atoms with van der Waals surface area (Å²) in [4.78, 5) is 28.2. The molecule has 0 saturated carbocycles. The zero-order chi connectivity index (χ0) is 21.1. The highest BCUT2D eigenvalue weighted by molar-refractivity contribution is 7.12. The van der Waals surface area contributed by atoms with Crippen LogP contribution in [0.2, 0.25) is 0 Å². The molecule has 30 heavy (non-hydrogen) atoms. The second-order valence-corrected chi connectivity index (χ2v) is 7.33. The summed E-state index contributed by atoms with van der Waals surface area (Å²) in [6.45, 7) is 0. The van der Waals surface area contributed by atoms with Crippen molar-refractivity contribution < 1.29 is 14.8 Å². The van der Waals surface area contributed by atoms with E-state index in [2.05, 4.69) is 10.3 Å². The fraction of sp³-hybridized carbons (Fsp3) is 0. The molecule has 2 aromatic carbocycles. The van der Waals surface area contributed by atoms with E-state index >= 15 is 0 Å². The van der Waals surface area contributed by atoms with E-state index < -0.39 is 4.92 Å². The Morgan fingerprint density at radius 1 is 1.00 bits per heavy atom. The van der Waals surface area contributed by atoms with Gasteiger partial charge in [0.2, 0.25) is 0 Å². The Kier molecular flexibility index (Phi) is 5.23. The second kappa shape index (κ2) is 8.14. The Morgan fingerprint density at radius 3 is 2.57 bits per heavy atom. The standard InChI is InChI=1S/C22H15N3O4S/c26-19-8-2-1-7-17(19)18-12-15(14-5-3-6-16(11-14)25(28)29)13-21(23-18)24-22(27)20-9-4-10-30-20/h1-13,26H,(H,23,24,27). The summed E-state index contributed by atoms with van der Waals surface area (Å²) in [6.07, 6.45) is 0. The fourth-order valence-corrected chi connectivity index (χ4v) is 3.59. The molecule has 0 saturated heterocycles. The van der Waals surface area contributed by atoms with Crippen LogP contribution in [0.15, 0.2) is 78.2 Å². The van der Waals surface area contributed by atoms with Gasteiger partial charge in [0.1, 0.15) is 11.6 Å². The van der Waals surface area contributed by atoms with Crippen molar-refractivity contribution in [1.29, 1.82) is 0 Å². The number of nitro benzene ring substituents is 1. The van der Waals surface area contributed by atoms with Crippen LogP contribution in [0.4, 0.5) is 11.5 Å². The number of nitrogens with zero attached hydrogens (tertiary/aromatic N) is 2. The summed E-state index contributed by atoms with van der Waals surface area (Å²) in [7, 11) is 0. The summed E-state index contributed by atoms with van der Waals surface area (Å²) in [6, 6.07) is 19.8. The van der Waals surface area contributed by atoms with Crippen LogP contribution in [0.3, 0.4) is 0 Å². The van der Waals surface area contributed by atoms with E-state index in [1.54, 1.807) is 66.0 Å². The van der Waals surface area contributed by atoms with Gasteiger partial charge in [-0.3, -0.25) is 14.9 Å². The summed E-state index contributed by atoms with van der Waals surface area (Å²) in [5.74, 6) is 0.00399. The third-order valence-electron chi connectivity index (χ3n) is 4.38. The number of rotatable bonds is 5. The first kappa shape index (κ1) is 19.3. The number of pyridine rings is 1. The predicted octanol–water partition coefficient (Wildman–Crippen LogP) is 5.34. The summed E-state index contributed by atoms with van der Waals surface area (Å²) in [5, 5.41) is 26.0. The van der Waals surface area contributed by atoms with Crippen LogP contribution < -0.4 is 5.32 Å². The first-order chi connectivity index (χ1) is 14.5. The summed E-state index contributed by atoms with van der Waals surface area (Å²) < 4.78 is 0. The van der Waals surface area contributed by atoms with E-state index in [4.69, 9.17) is 0 Å². The van der Waals surface area contributed by atoms with Crippen LogP contribution in [0, 0.1) is 10.1 Å².